The largest absolute Gasteiger partial charge is 0.508 e. The molecule has 4 aliphatic rings. The highest BCUT2D eigenvalue weighted by Gasteiger charge is 2.43. The second-order valence-electron chi connectivity index (χ2n) is 25.2. The number of phenols is 2. The average Bonchev–Trinajstić information content (AvgIpc) is 1.75. The lowest BCUT2D eigenvalue weighted by atomic mass is 10.0. The zero-order valence-electron chi connectivity index (χ0n) is 56.2. The highest BCUT2D eigenvalue weighted by molar-refractivity contribution is 8.77. The Labute approximate surface area is 610 Å². The average molecular weight is 1540 g/mol. The molecule has 36 nitrogen and oxygen atoms in total. The van der Waals surface area contributed by atoms with Crippen molar-refractivity contribution in [3.05, 3.63) is 59.7 Å². The van der Waals surface area contributed by atoms with Crippen LogP contribution in [0.5, 0.6) is 11.5 Å². The van der Waals surface area contributed by atoms with Crippen LogP contribution in [0.15, 0.2) is 48.5 Å². The van der Waals surface area contributed by atoms with Gasteiger partial charge in [0.2, 0.25) is 82.7 Å². The summed E-state index contributed by atoms with van der Waals surface area (Å²) in [6.07, 6.45) is -5.00. The monoisotopic (exact) mass is 1540 g/mol. The number of amides is 14. The summed E-state index contributed by atoms with van der Waals surface area (Å²) >= 11 is 0.954. The molecule has 6 rings (SSSR count). The summed E-state index contributed by atoms with van der Waals surface area (Å²) in [5, 5.41) is 80.8. The zero-order valence-corrected chi connectivity index (χ0v) is 60.3. The van der Waals surface area contributed by atoms with Gasteiger partial charge < -0.3 is 106 Å². The van der Waals surface area contributed by atoms with Gasteiger partial charge in [-0.25, -0.2) is 4.79 Å². The Balaban J connectivity index is 1.58. The number of carboxylic acid groups (broad SMARTS) is 2. The van der Waals surface area contributed by atoms with Gasteiger partial charge in [0.05, 0.1) is 25.1 Å². The second kappa shape index (κ2) is 39.2. The van der Waals surface area contributed by atoms with Gasteiger partial charge in [0, 0.05) is 59.3 Å². The normalized spacial score (nSPS) is 27.6. The number of benzene rings is 2. The number of nitrogens with zero attached hydrogens (tertiary/aromatic N) is 1. The van der Waals surface area contributed by atoms with Crippen LogP contribution >= 0.6 is 54.9 Å². The molecular formula is C62H85N15O21S5. The molecule has 2 aromatic carbocycles. The van der Waals surface area contributed by atoms with Gasteiger partial charge in [0.15, 0.2) is 0 Å². The van der Waals surface area contributed by atoms with Crippen molar-refractivity contribution in [3.63, 3.8) is 0 Å². The van der Waals surface area contributed by atoms with Gasteiger partial charge in [0.25, 0.3) is 0 Å². The first-order valence-electron chi connectivity index (χ1n) is 32.3. The van der Waals surface area contributed by atoms with Gasteiger partial charge in [-0.1, -0.05) is 81.3 Å². The quantitative estimate of drug-likeness (QED) is 0.0657. The van der Waals surface area contributed by atoms with E-state index in [4.69, 9.17) is 11.5 Å². The fourth-order valence-corrected chi connectivity index (χ4v) is 16.5. The van der Waals surface area contributed by atoms with Crippen LogP contribution in [0, 0.1) is 0 Å². The number of aromatic hydroxyl groups is 2. The third-order valence-corrected chi connectivity index (χ3v) is 22.6. The molecule has 103 heavy (non-hydrogen) atoms. The Morgan fingerprint density at radius 1 is 0.612 bits per heavy atom. The Kier molecular flexibility index (Phi) is 31.7. The lowest BCUT2D eigenvalue weighted by Crippen LogP contribution is -2.62. The van der Waals surface area contributed by atoms with E-state index in [1.54, 1.807) is 13.8 Å². The highest BCUT2D eigenvalue weighted by atomic mass is 33.1. The molecule has 41 heteroatoms. The number of primary amides is 1. The Bertz CT molecular complexity index is 3490. The lowest BCUT2D eigenvalue weighted by molar-refractivity contribution is -0.143. The molecule has 2 aromatic rings. The molecule has 14 amide bonds. The zero-order chi connectivity index (χ0) is 76.0. The van der Waals surface area contributed by atoms with Crippen LogP contribution in [0.25, 0.3) is 0 Å². The van der Waals surface area contributed by atoms with E-state index in [0.717, 1.165) is 66.8 Å². The highest BCUT2D eigenvalue weighted by Crippen LogP contribution is 2.31. The Hall–Kier alpha value is -8.77. The lowest BCUT2D eigenvalue weighted by Gasteiger charge is -2.32. The smallest absolute Gasteiger partial charge is 0.326 e. The van der Waals surface area contributed by atoms with Crippen LogP contribution < -0.4 is 75.3 Å². The van der Waals surface area contributed by atoms with Crippen LogP contribution in [-0.2, 0) is 89.6 Å². The van der Waals surface area contributed by atoms with Gasteiger partial charge in [-0.2, -0.15) is 11.8 Å². The maximum atomic E-state index is 15.3. The molecule has 0 saturated carbocycles. The number of aliphatic carboxylic acids is 2. The minimum Gasteiger partial charge on any atom is -0.508 e. The summed E-state index contributed by atoms with van der Waals surface area (Å²) in [6, 6.07) is -11.8. The van der Waals surface area contributed by atoms with E-state index in [1.165, 1.54) is 55.5 Å². The third kappa shape index (κ3) is 26.2. The molecule has 0 radical (unpaired) electrons. The molecule has 4 fully saturated rings. The topological polar surface area (TPSA) is 574 Å². The van der Waals surface area contributed by atoms with E-state index in [1.807, 2.05) is 0 Å². The van der Waals surface area contributed by atoms with Gasteiger partial charge in [0.1, 0.15) is 84.0 Å². The van der Waals surface area contributed by atoms with Crippen molar-refractivity contribution in [2.75, 3.05) is 41.9 Å². The van der Waals surface area contributed by atoms with E-state index in [9.17, 15) is 87.9 Å². The van der Waals surface area contributed by atoms with E-state index in [-0.39, 0.29) is 49.3 Å². The summed E-state index contributed by atoms with van der Waals surface area (Å²) in [6.45, 7) is 4.38. The number of hydrogen-bond acceptors (Lipinski definition) is 25. The minimum atomic E-state index is -1.93. The fraction of sp³-hybridized carbons (Fsp3) is 0.548. The van der Waals surface area contributed by atoms with Crippen molar-refractivity contribution in [1.29, 1.82) is 0 Å². The third-order valence-electron chi connectivity index (χ3n) is 16.4. The maximum Gasteiger partial charge on any atom is 0.326 e. The molecule has 0 aromatic heterocycles. The van der Waals surface area contributed by atoms with Crippen LogP contribution in [-0.4, -0.2) is 256 Å². The summed E-state index contributed by atoms with van der Waals surface area (Å²) < 4.78 is -1.19. The van der Waals surface area contributed by atoms with Crippen molar-refractivity contribution in [3.8, 4) is 11.5 Å². The molecular weight excluding hydrogens is 1450 g/mol. The van der Waals surface area contributed by atoms with Gasteiger partial charge in [-0.05, 0) is 74.9 Å². The van der Waals surface area contributed by atoms with Crippen molar-refractivity contribution >= 4 is 150 Å². The number of thioether (sulfide) groups is 1. The van der Waals surface area contributed by atoms with Crippen molar-refractivity contribution in [1.82, 2.24) is 68.7 Å². The molecule has 14 atom stereocenters. The number of rotatable bonds is 13. The number of phenolic OH excluding ortho intramolecular Hbond substituents is 2. The summed E-state index contributed by atoms with van der Waals surface area (Å²) in [5.41, 5.74) is 12.9. The summed E-state index contributed by atoms with van der Waals surface area (Å²) in [4.78, 5) is 228. The Morgan fingerprint density at radius 2 is 1.12 bits per heavy atom. The van der Waals surface area contributed by atoms with Crippen LogP contribution in [0.1, 0.15) is 77.3 Å². The molecule has 4 saturated heterocycles. The van der Waals surface area contributed by atoms with Crippen LogP contribution in [0.4, 0.5) is 0 Å². The molecule has 0 aliphatic carbocycles. The van der Waals surface area contributed by atoms with E-state index in [2.05, 4.69) is 63.8 Å². The number of nitrogens with two attached hydrogens (primary N) is 2. The first kappa shape index (κ1) is 83.2. The minimum absolute atomic E-state index is 0.0115. The number of aliphatic hydroxyl groups is 1. The molecule has 0 unspecified atom stereocenters. The molecule has 4 aliphatic heterocycles. The fourth-order valence-electron chi connectivity index (χ4n) is 10.7. The first-order chi connectivity index (χ1) is 48.6. The van der Waals surface area contributed by atoms with Crippen molar-refractivity contribution < 1.29 is 102 Å². The molecule has 21 N–H and O–H groups in total. The van der Waals surface area contributed by atoms with Crippen LogP contribution in [0.2, 0.25) is 0 Å². The number of carbonyl (C=O) groups excluding carboxylic acids is 14. The van der Waals surface area contributed by atoms with Gasteiger partial charge in [-0.15, -0.1) is 0 Å². The van der Waals surface area contributed by atoms with E-state index >= 15 is 14.4 Å². The molecule has 0 spiro atoms. The Morgan fingerprint density at radius 3 is 1.69 bits per heavy atom. The summed E-state index contributed by atoms with van der Waals surface area (Å²) in [5.74, 6) is -21.4. The molecule has 564 valence electrons. The standard InChI is InChI=1S/C62H85N15O21S5/c1-28-49(85)72-43-27-103-101-25-41-55(91)68-35(15-16-47(83)84)51(87)69-36(18-30-7-11-32(79)12-8-30)52(88)75-42(26-102-100-24-40(67-46(82)22-65-59(95)48(29(2)78)76-57(43)93)54(90)71-38(61(97)98)19-31-9-13-33(80)14-10-31)56(92)74-39(23-99-62(3,4)21-34(63)50(86)73-41)53(89)70-37(20-45(64)81)60(96)77-17-5-6-44(77)58(94)66-28/h7-14,28-29,34-44,48,78-80H,5-6,15-27,63H2,1-4H3,(H2,64,81)(H,65,95)(H,66,94)(H,67,82)(H,68,91)(H,69,87)(H,70,89)(H,71,90)(H,72,85)(H,73,86)(H,74,92)(H,75,88)(H,76,93)(H,83,84)(H,97,98)/t28-,29+,34-,35-,36-,37-,38-,39-,40-,41-,42-,43-,44-,48-/m0/s1. The predicted octanol–water partition coefficient (Wildman–Crippen LogP) is -5.42. The van der Waals surface area contributed by atoms with Crippen LogP contribution in [0.3, 0.4) is 0 Å². The van der Waals surface area contributed by atoms with E-state index < -0.39 is 245 Å². The number of hydrogen-bond donors (Lipinski definition) is 19. The van der Waals surface area contributed by atoms with Gasteiger partial charge in [-0.3, -0.25) is 71.9 Å². The molecule has 4 bridgehead atoms. The summed E-state index contributed by atoms with van der Waals surface area (Å²) in [7, 11) is 3.04. The first-order valence-corrected chi connectivity index (χ1v) is 38.3. The van der Waals surface area contributed by atoms with Gasteiger partial charge >= 0.3 is 11.9 Å². The number of aliphatic hydroxyl groups excluding tert-OH is 1. The number of carboxylic acids is 2. The maximum absolute atomic E-state index is 15.3. The SMILES string of the molecule is C[C@@H]1NC(=O)[C@@H]2CCCN2C(=O)[C@H](CC(N)=O)NC(=O)[C@@H]2CSC(C)(C)C[C@H](N)C(=O)N[C@H]3CSSC[C@H](NC1=O)C(=O)N[C@@H]([C@@H](C)O)C(=O)NCC(=O)N[C@H](C(=O)N[C@@H](Cc1ccc(O)cc1)C(=O)O)CSSC[C@H](NC(=O)[C@H](Cc1ccc(O)cc1)NC(=O)[C@H](CCC(=O)O)NC3=O)C(=O)N2. The van der Waals surface area contributed by atoms with Crippen molar-refractivity contribution in [2.24, 2.45) is 11.5 Å². The second-order valence-corrected chi connectivity index (χ2v) is 32.0. The number of carbonyl (C=O) groups is 16. The van der Waals surface area contributed by atoms with E-state index in [0.29, 0.717) is 5.56 Å². The van der Waals surface area contributed by atoms with Crippen molar-refractivity contribution in [2.45, 2.75) is 168 Å². The number of nitrogens with one attached hydrogen (secondary N) is 12. The predicted molar refractivity (Wildman–Crippen MR) is 377 cm³/mol. The molecule has 4 heterocycles. The number of fused-ring (bicyclic) bond motifs is 20.